The quantitative estimate of drug-likeness (QED) is 0.652. The highest BCUT2D eigenvalue weighted by Crippen LogP contribution is 2.19. The van der Waals surface area contributed by atoms with E-state index in [1.165, 1.54) is 0 Å². The first-order chi connectivity index (χ1) is 13.0. The van der Waals surface area contributed by atoms with E-state index in [1.807, 2.05) is 67.3 Å². The third-order valence-corrected chi connectivity index (χ3v) is 4.13. The fourth-order valence-electron chi connectivity index (χ4n) is 2.64. The number of nitrogens with one attached hydrogen (secondary N) is 1. The van der Waals surface area contributed by atoms with Gasteiger partial charge >= 0.3 is 0 Å². The number of anilines is 1. The predicted octanol–water partition coefficient (Wildman–Crippen LogP) is 2.53. The predicted molar refractivity (Wildman–Crippen MR) is 106 cm³/mol. The number of amides is 1. The van der Waals surface area contributed by atoms with Crippen LogP contribution in [0.5, 0.6) is 0 Å². The zero-order valence-electron chi connectivity index (χ0n) is 15.9. The Bertz CT molecular complexity index is 901. The summed E-state index contributed by atoms with van der Waals surface area (Å²) in [6.45, 7) is 3.40. The van der Waals surface area contributed by atoms with Gasteiger partial charge in [0.15, 0.2) is 0 Å². The largest absolute Gasteiger partial charge is 0.361 e. The summed E-state index contributed by atoms with van der Waals surface area (Å²) in [5.41, 5.74) is 3.48. The Kier molecular flexibility index (Phi) is 5.80. The summed E-state index contributed by atoms with van der Waals surface area (Å²) in [6, 6.07) is 7.41. The Labute approximate surface area is 159 Å². The molecule has 140 valence electrons. The fourth-order valence-corrected chi connectivity index (χ4v) is 2.64. The average molecular weight is 364 g/mol. The average Bonchev–Trinajstić information content (AvgIpc) is 3.10. The lowest BCUT2D eigenvalue weighted by Crippen LogP contribution is -2.25. The van der Waals surface area contributed by atoms with Crippen molar-refractivity contribution in [3.05, 3.63) is 60.2 Å². The Morgan fingerprint density at radius 2 is 1.93 bits per heavy atom. The zero-order valence-corrected chi connectivity index (χ0v) is 15.9. The van der Waals surface area contributed by atoms with Crippen molar-refractivity contribution in [2.75, 3.05) is 25.5 Å². The summed E-state index contributed by atoms with van der Waals surface area (Å²) < 4.78 is 1.89. The second-order valence-electron chi connectivity index (χ2n) is 6.62. The number of carbonyl (C=O) groups is 1. The van der Waals surface area contributed by atoms with Crippen molar-refractivity contribution in [2.45, 2.75) is 19.9 Å². The molecule has 0 atom stereocenters. The molecule has 3 aromatic rings. The molecule has 1 N–H and O–H groups in total. The van der Waals surface area contributed by atoms with E-state index in [4.69, 9.17) is 0 Å². The Morgan fingerprint density at radius 3 is 2.59 bits per heavy atom. The van der Waals surface area contributed by atoms with Crippen molar-refractivity contribution in [1.82, 2.24) is 25.1 Å². The molecule has 2 heterocycles. The third kappa shape index (κ3) is 4.91. The molecular formula is C20H24N6O. The molecule has 7 heteroatoms. The standard InChI is InChI=1S/C20H24N6O/c1-15-11-23-26(14-15)10-4-9-22-20(27)17-7-5-16(6-8-17)18-12-21-13-19(24-18)25(2)3/h5-8,11-14H,4,9-10H2,1-3H3,(H,22,27). The summed E-state index contributed by atoms with van der Waals surface area (Å²) in [5, 5.41) is 7.18. The number of carbonyl (C=O) groups excluding carboxylic acids is 1. The summed E-state index contributed by atoms with van der Waals surface area (Å²) in [7, 11) is 3.85. The van der Waals surface area contributed by atoms with Gasteiger partial charge in [0.25, 0.3) is 5.91 Å². The van der Waals surface area contributed by atoms with Crippen LogP contribution < -0.4 is 10.2 Å². The topological polar surface area (TPSA) is 75.9 Å². The van der Waals surface area contributed by atoms with Crippen LogP contribution in [0.2, 0.25) is 0 Å². The molecule has 0 unspecified atom stereocenters. The van der Waals surface area contributed by atoms with Gasteiger partial charge in [-0.1, -0.05) is 12.1 Å². The molecule has 0 aliphatic carbocycles. The number of aryl methyl sites for hydroxylation is 2. The van der Waals surface area contributed by atoms with Crippen LogP contribution in [0.1, 0.15) is 22.3 Å². The molecule has 0 fully saturated rings. The van der Waals surface area contributed by atoms with Crippen molar-refractivity contribution in [3.8, 4) is 11.3 Å². The number of hydrogen-bond donors (Lipinski definition) is 1. The maximum Gasteiger partial charge on any atom is 0.251 e. The van der Waals surface area contributed by atoms with Gasteiger partial charge in [-0.3, -0.25) is 14.5 Å². The molecule has 0 radical (unpaired) electrons. The highest BCUT2D eigenvalue weighted by molar-refractivity contribution is 5.94. The van der Waals surface area contributed by atoms with Gasteiger partial charge in [0.05, 0.1) is 24.3 Å². The van der Waals surface area contributed by atoms with Gasteiger partial charge in [0.2, 0.25) is 0 Å². The van der Waals surface area contributed by atoms with Gasteiger partial charge in [-0.05, 0) is 31.0 Å². The minimum Gasteiger partial charge on any atom is -0.361 e. The van der Waals surface area contributed by atoms with E-state index in [0.717, 1.165) is 35.6 Å². The van der Waals surface area contributed by atoms with E-state index in [0.29, 0.717) is 12.1 Å². The van der Waals surface area contributed by atoms with Crippen LogP contribution >= 0.6 is 0 Å². The first kappa shape index (κ1) is 18.6. The number of hydrogen-bond acceptors (Lipinski definition) is 5. The van der Waals surface area contributed by atoms with Crippen molar-refractivity contribution < 1.29 is 4.79 Å². The first-order valence-corrected chi connectivity index (χ1v) is 8.90. The lowest BCUT2D eigenvalue weighted by molar-refractivity contribution is 0.0952. The molecule has 0 spiro atoms. The molecule has 7 nitrogen and oxygen atoms in total. The van der Waals surface area contributed by atoms with E-state index < -0.39 is 0 Å². The number of aromatic nitrogens is 4. The summed E-state index contributed by atoms with van der Waals surface area (Å²) in [4.78, 5) is 23.0. The Hall–Kier alpha value is -3.22. The first-order valence-electron chi connectivity index (χ1n) is 8.90. The zero-order chi connectivity index (χ0) is 19.2. The molecule has 0 bridgehead atoms. The molecular weight excluding hydrogens is 340 g/mol. The summed E-state index contributed by atoms with van der Waals surface area (Å²) >= 11 is 0. The van der Waals surface area contributed by atoms with E-state index >= 15 is 0 Å². The summed E-state index contributed by atoms with van der Waals surface area (Å²) in [6.07, 6.45) is 8.10. The molecule has 0 saturated heterocycles. The lowest BCUT2D eigenvalue weighted by atomic mass is 10.1. The highest BCUT2D eigenvalue weighted by atomic mass is 16.1. The fraction of sp³-hybridized carbons (Fsp3) is 0.300. The van der Waals surface area contributed by atoms with Crippen molar-refractivity contribution >= 4 is 11.7 Å². The monoisotopic (exact) mass is 364 g/mol. The highest BCUT2D eigenvalue weighted by Gasteiger charge is 2.07. The van der Waals surface area contributed by atoms with Gasteiger partial charge < -0.3 is 10.2 Å². The number of rotatable bonds is 7. The maximum absolute atomic E-state index is 12.3. The normalized spacial score (nSPS) is 10.6. The minimum absolute atomic E-state index is 0.0775. The lowest BCUT2D eigenvalue weighted by Gasteiger charge is -2.11. The molecule has 0 saturated carbocycles. The number of benzene rings is 1. The van der Waals surface area contributed by atoms with Crippen LogP contribution in [0.25, 0.3) is 11.3 Å². The second-order valence-corrected chi connectivity index (χ2v) is 6.62. The molecule has 1 aromatic carbocycles. The summed E-state index contributed by atoms with van der Waals surface area (Å²) in [5.74, 6) is 0.716. The Balaban J connectivity index is 1.55. The Morgan fingerprint density at radius 1 is 1.15 bits per heavy atom. The van der Waals surface area contributed by atoms with E-state index in [9.17, 15) is 4.79 Å². The van der Waals surface area contributed by atoms with Gasteiger partial charge in [-0.25, -0.2) is 4.98 Å². The van der Waals surface area contributed by atoms with Crippen LogP contribution in [0, 0.1) is 6.92 Å². The van der Waals surface area contributed by atoms with Crippen molar-refractivity contribution in [1.29, 1.82) is 0 Å². The van der Waals surface area contributed by atoms with E-state index in [-0.39, 0.29) is 5.91 Å². The number of nitrogens with zero attached hydrogens (tertiary/aromatic N) is 5. The van der Waals surface area contributed by atoms with Gasteiger partial charge in [-0.15, -0.1) is 0 Å². The van der Waals surface area contributed by atoms with Gasteiger partial charge in [-0.2, -0.15) is 5.10 Å². The van der Waals surface area contributed by atoms with Crippen LogP contribution in [0.3, 0.4) is 0 Å². The van der Waals surface area contributed by atoms with Crippen LogP contribution in [-0.4, -0.2) is 46.3 Å². The molecule has 1 amide bonds. The molecule has 0 aliphatic rings. The van der Waals surface area contributed by atoms with Crippen LogP contribution in [0.15, 0.2) is 49.1 Å². The molecule has 3 rings (SSSR count). The van der Waals surface area contributed by atoms with Crippen LogP contribution in [-0.2, 0) is 6.54 Å². The van der Waals surface area contributed by atoms with Crippen LogP contribution in [0.4, 0.5) is 5.82 Å². The van der Waals surface area contributed by atoms with Crippen molar-refractivity contribution in [2.24, 2.45) is 0 Å². The smallest absolute Gasteiger partial charge is 0.251 e. The SMILES string of the molecule is Cc1cnn(CCCNC(=O)c2ccc(-c3cncc(N(C)C)n3)cc2)c1. The molecule has 27 heavy (non-hydrogen) atoms. The van der Waals surface area contributed by atoms with E-state index in [1.54, 1.807) is 12.4 Å². The van der Waals surface area contributed by atoms with Crippen molar-refractivity contribution in [3.63, 3.8) is 0 Å². The third-order valence-electron chi connectivity index (χ3n) is 4.13. The molecule has 2 aromatic heterocycles. The van der Waals surface area contributed by atoms with Gasteiger partial charge in [0.1, 0.15) is 5.82 Å². The van der Waals surface area contributed by atoms with Gasteiger partial charge in [0, 0.05) is 44.5 Å². The van der Waals surface area contributed by atoms with E-state index in [2.05, 4.69) is 20.4 Å². The maximum atomic E-state index is 12.3. The molecule has 0 aliphatic heterocycles. The second kappa shape index (κ2) is 8.44. The minimum atomic E-state index is -0.0775.